The fraction of sp³-hybridized carbons (Fsp3) is 0.526. The van der Waals surface area contributed by atoms with Crippen molar-refractivity contribution in [2.45, 2.75) is 44.7 Å². The maximum absolute atomic E-state index is 12.5. The summed E-state index contributed by atoms with van der Waals surface area (Å²) in [4.78, 5) is 15.1. The topological polar surface area (TPSA) is 20.3 Å². The van der Waals surface area contributed by atoms with Gasteiger partial charge in [0.05, 0.1) is 10.0 Å². The maximum Gasteiger partial charge on any atom is 0.137 e. The summed E-state index contributed by atoms with van der Waals surface area (Å²) < 4.78 is 0. The second-order valence-electron chi connectivity index (χ2n) is 7.05. The summed E-state index contributed by atoms with van der Waals surface area (Å²) >= 11 is 12.2. The molecular formula is C19H21Cl2NO. The van der Waals surface area contributed by atoms with E-state index in [0.717, 1.165) is 18.5 Å². The lowest BCUT2D eigenvalue weighted by molar-refractivity contribution is -0.129. The van der Waals surface area contributed by atoms with Crippen LogP contribution >= 0.6 is 23.2 Å². The number of nitrogens with zero attached hydrogens (tertiary/aromatic N) is 1. The van der Waals surface area contributed by atoms with Crippen LogP contribution in [0.2, 0.25) is 10.0 Å². The van der Waals surface area contributed by atoms with E-state index in [-0.39, 0.29) is 5.92 Å². The van der Waals surface area contributed by atoms with Gasteiger partial charge in [-0.1, -0.05) is 47.8 Å². The van der Waals surface area contributed by atoms with Crippen molar-refractivity contribution in [1.82, 2.24) is 4.90 Å². The second-order valence-corrected chi connectivity index (χ2v) is 7.87. The van der Waals surface area contributed by atoms with Crippen molar-refractivity contribution in [3.05, 3.63) is 39.4 Å². The summed E-state index contributed by atoms with van der Waals surface area (Å²) in [5.74, 6) is 1.05. The highest BCUT2D eigenvalue weighted by Gasteiger charge is 2.54. The quantitative estimate of drug-likeness (QED) is 0.778. The van der Waals surface area contributed by atoms with Crippen molar-refractivity contribution in [3.63, 3.8) is 0 Å². The number of fused-ring (bicyclic) bond motifs is 1. The van der Waals surface area contributed by atoms with Crippen LogP contribution in [0.5, 0.6) is 0 Å². The minimum atomic E-state index is 0.196. The number of carbonyl (C=O) groups excluding carboxylic acids is 1. The van der Waals surface area contributed by atoms with Crippen LogP contribution in [0.15, 0.2) is 23.8 Å². The highest BCUT2D eigenvalue weighted by atomic mass is 35.5. The van der Waals surface area contributed by atoms with Gasteiger partial charge in [-0.25, -0.2) is 0 Å². The maximum atomic E-state index is 12.5. The average molecular weight is 350 g/mol. The number of piperidine rings is 3. The molecule has 4 saturated heterocycles. The summed E-state index contributed by atoms with van der Waals surface area (Å²) in [6.45, 7) is 3.00. The number of halogens is 2. The van der Waals surface area contributed by atoms with Gasteiger partial charge in [0.2, 0.25) is 0 Å². The van der Waals surface area contributed by atoms with Crippen molar-refractivity contribution >= 4 is 35.1 Å². The highest BCUT2D eigenvalue weighted by Crippen LogP contribution is 2.51. The van der Waals surface area contributed by atoms with Crippen LogP contribution in [0.25, 0.3) is 6.08 Å². The van der Waals surface area contributed by atoms with Gasteiger partial charge in [0.1, 0.15) is 5.78 Å². The Hall–Kier alpha value is -0.830. The van der Waals surface area contributed by atoms with Gasteiger partial charge in [-0.3, -0.25) is 9.69 Å². The first-order chi connectivity index (χ1) is 11.1. The molecule has 4 heteroatoms. The zero-order valence-corrected chi connectivity index (χ0v) is 14.8. The van der Waals surface area contributed by atoms with Gasteiger partial charge in [-0.15, -0.1) is 0 Å². The molecule has 0 radical (unpaired) electrons. The van der Waals surface area contributed by atoms with Gasteiger partial charge in [-0.2, -0.15) is 0 Å². The van der Waals surface area contributed by atoms with Crippen LogP contribution in [0, 0.1) is 11.8 Å². The molecule has 0 spiro atoms. The number of benzene rings is 1. The molecule has 0 amide bonds. The highest BCUT2D eigenvalue weighted by molar-refractivity contribution is 6.42. The molecule has 2 nitrogen and oxygen atoms in total. The Morgan fingerprint density at radius 1 is 1.30 bits per heavy atom. The van der Waals surface area contributed by atoms with Gasteiger partial charge in [0.25, 0.3) is 0 Å². The molecular weight excluding hydrogens is 329 g/mol. The number of carbonyl (C=O) groups is 1. The Balaban J connectivity index is 1.69. The first-order valence-electron chi connectivity index (χ1n) is 8.52. The Morgan fingerprint density at radius 3 is 2.87 bits per heavy atom. The Labute approximate surface area is 147 Å². The zero-order valence-electron chi connectivity index (χ0n) is 13.3. The molecule has 5 rings (SSSR count). The first-order valence-corrected chi connectivity index (χ1v) is 9.28. The largest absolute Gasteiger partial charge is 0.299 e. The average Bonchev–Trinajstić information content (AvgIpc) is 2.85. The number of rotatable bonds is 3. The van der Waals surface area contributed by atoms with Gasteiger partial charge in [0.15, 0.2) is 0 Å². The van der Waals surface area contributed by atoms with Crippen molar-refractivity contribution in [2.75, 3.05) is 6.54 Å². The number of hydrogen-bond acceptors (Lipinski definition) is 2. The minimum absolute atomic E-state index is 0.196. The molecule has 4 aliphatic heterocycles. The van der Waals surface area contributed by atoms with E-state index in [1.807, 2.05) is 25.1 Å². The fourth-order valence-corrected chi connectivity index (χ4v) is 5.22. The number of ketones is 1. The normalized spacial score (nSPS) is 36.7. The van der Waals surface area contributed by atoms with Crippen LogP contribution in [-0.2, 0) is 4.79 Å². The summed E-state index contributed by atoms with van der Waals surface area (Å²) in [6.07, 6.45) is 6.47. The van der Waals surface area contributed by atoms with E-state index >= 15 is 0 Å². The fourth-order valence-electron chi connectivity index (χ4n) is 4.91. The zero-order chi connectivity index (χ0) is 16.1. The molecule has 0 N–H and O–H groups in total. The molecule has 23 heavy (non-hydrogen) atoms. The van der Waals surface area contributed by atoms with Gasteiger partial charge >= 0.3 is 0 Å². The number of Topliss-reactive ketones (excluding diaryl/α,β-unsaturated/α-hetero) is 1. The lowest BCUT2D eigenvalue weighted by Crippen LogP contribution is -2.57. The molecule has 122 valence electrons. The van der Waals surface area contributed by atoms with E-state index in [1.165, 1.54) is 18.4 Å². The lowest BCUT2D eigenvalue weighted by atomic mass is 9.69. The SMILES string of the molecule is CCC(=O)C1C2CC3CCC1N3C/C2=C\c1ccc(Cl)c(Cl)c1. The minimum Gasteiger partial charge on any atom is -0.299 e. The molecule has 4 bridgehead atoms. The van der Waals surface area contributed by atoms with Crippen LogP contribution in [0.1, 0.15) is 38.2 Å². The summed E-state index contributed by atoms with van der Waals surface area (Å²) in [5.41, 5.74) is 2.47. The van der Waals surface area contributed by atoms with Gasteiger partial charge in [0, 0.05) is 31.0 Å². The molecule has 4 heterocycles. The van der Waals surface area contributed by atoms with E-state index < -0.39 is 0 Å². The van der Waals surface area contributed by atoms with Crippen molar-refractivity contribution in [1.29, 1.82) is 0 Å². The molecule has 5 unspecified atom stereocenters. The van der Waals surface area contributed by atoms with Crippen molar-refractivity contribution < 1.29 is 4.79 Å². The molecule has 1 aromatic rings. The third-order valence-electron chi connectivity index (χ3n) is 5.92. The molecule has 4 fully saturated rings. The molecule has 1 aromatic carbocycles. The van der Waals surface area contributed by atoms with Gasteiger partial charge < -0.3 is 0 Å². The van der Waals surface area contributed by atoms with Gasteiger partial charge in [-0.05, 0) is 42.9 Å². The van der Waals surface area contributed by atoms with Crippen LogP contribution in [-0.4, -0.2) is 29.3 Å². The molecule has 0 aromatic heterocycles. The van der Waals surface area contributed by atoms with Crippen molar-refractivity contribution in [2.24, 2.45) is 11.8 Å². The molecule has 0 saturated carbocycles. The first kappa shape index (κ1) is 15.7. The van der Waals surface area contributed by atoms with E-state index in [1.54, 1.807) is 0 Å². The van der Waals surface area contributed by atoms with E-state index in [0.29, 0.717) is 40.3 Å². The standard InChI is InChI=1S/C19H21Cl2NO/c1-2-18(23)19-14-9-13-4-6-17(19)22(13)10-12(14)7-11-3-5-15(20)16(21)8-11/h3,5,7-8,13-14,17,19H,2,4,6,9-10H2,1H3/b12-7+. The Morgan fingerprint density at radius 2 is 2.13 bits per heavy atom. The van der Waals surface area contributed by atoms with E-state index in [9.17, 15) is 4.79 Å². The predicted octanol–water partition coefficient (Wildman–Crippen LogP) is 4.84. The summed E-state index contributed by atoms with van der Waals surface area (Å²) in [5, 5.41) is 1.17. The Kier molecular flexibility index (Phi) is 4.03. The number of hydrogen-bond donors (Lipinski definition) is 0. The van der Waals surface area contributed by atoms with E-state index in [4.69, 9.17) is 23.2 Å². The smallest absolute Gasteiger partial charge is 0.137 e. The predicted molar refractivity (Wildman–Crippen MR) is 94.9 cm³/mol. The summed E-state index contributed by atoms with van der Waals surface area (Å²) in [6, 6.07) is 6.94. The van der Waals surface area contributed by atoms with Crippen molar-refractivity contribution in [3.8, 4) is 0 Å². The second kappa shape index (κ2) is 5.91. The van der Waals surface area contributed by atoms with Crippen LogP contribution < -0.4 is 0 Å². The Bertz CT molecular complexity index is 684. The van der Waals surface area contributed by atoms with E-state index in [2.05, 4.69) is 11.0 Å². The lowest BCUT2D eigenvalue weighted by Gasteiger charge is -2.51. The third kappa shape index (κ3) is 2.56. The molecule has 4 aliphatic rings. The third-order valence-corrected chi connectivity index (χ3v) is 6.66. The molecule has 5 atom stereocenters. The monoisotopic (exact) mass is 349 g/mol. The van der Waals surface area contributed by atoms with Crippen LogP contribution in [0.3, 0.4) is 0 Å². The summed E-state index contributed by atoms with van der Waals surface area (Å²) in [7, 11) is 0. The van der Waals surface area contributed by atoms with Crippen LogP contribution in [0.4, 0.5) is 0 Å². The molecule has 0 aliphatic carbocycles.